The molecular formula is H4N2NiO3. The van der Waals surface area contributed by atoms with Gasteiger partial charge in [-0.25, -0.2) is 0 Å². The Morgan fingerprint density at radius 1 is 1.33 bits per heavy atom. The molecule has 0 heterocycles. The minimum absolute atomic E-state index is 0. The molecule has 0 rings (SSSR count). The van der Waals surface area contributed by atoms with Crippen LogP contribution in [0, 0.1) is 15.3 Å². The maximum atomic E-state index is 8.25. The number of nitrogens with zero attached hydrogens (tertiary/aromatic N) is 1. The minimum atomic E-state index is -1.75. The van der Waals surface area contributed by atoms with Crippen LogP contribution in [-0.4, -0.2) is 5.09 Å². The Morgan fingerprint density at radius 2 is 1.33 bits per heavy atom. The monoisotopic (exact) mass is 138 g/mol. The Morgan fingerprint density at radius 3 is 1.33 bits per heavy atom. The smallest absolute Gasteiger partial charge is 0.0689 e. The van der Waals surface area contributed by atoms with Gasteiger partial charge in [-0.15, -0.1) is 0 Å². The molecule has 0 amide bonds. The van der Waals surface area contributed by atoms with Gasteiger partial charge in [-0.2, -0.15) is 0 Å². The van der Waals surface area contributed by atoms with Crippen LogP contribution in [0.5, 0.6) is 0 Å². The summed E-state index contributed by atoms with van der Waals surface area (Å²) >= 11 is 0. The third-order valence-electron chi connectivity index (χ3n) is 0. The van der Waals surface area contributed by atoms with Crippen molar-refractivity contribution in [3.63, 3.8) is 0 Å². The second-order valence-electron chi connectivity index (χ2n) is 0.224. The normalized spacial score (nSPS) is 4.00. The van der Waals surface area contributed by atoms with Gasteiger partial charge in [-0.3, -0.25) is 0 Å². The molecule has 6 heteroatoms. The summed E-state index contributed by atoms with van der Waals surface area (Å²) in [5.74, 6) is 0. The molecule has 4 N–H and O–H groups in total. The van der Waals surface area contributed by atoms with Crippen molar-refractivity contribution in [2.45, 2.75) is 0 Å². The van der Waals surface area contributed by atoms with Crippen molar-refractivity contribution < 1.29 is 21.6 Å². The first-order valence-electron chi connectivity index (χ1n) is 0.548. The summed E-state index contributed by atoms with van der Waals surface area (Å²) in [6, 6.07) is 0. The molecule has 0 saturated heterocycles. The van der Waals surface area contributed by atoms with E-state index in [0.29, 0.717) is 0 Å². The predicted molar refractivity (Wildman–Crippen MR) is 16.3 cm³/mol. The van der Waals surface area contributed by atoms with Crippen molar-refractivity contribution in [3.05, 3.63) is 15.3 Å². The molecule has 0 bridgehead atoms. The molecule has 0 aromatic rings. The Bertz CT molecular complexity index is 31.8. The SMILES string of the molecule is O=[N+]([O-])[O-].[NH4+].[Ni]. The van der Waals surface area contributed by atoms with Crippen molar-refractivity contribution in [1.82, 2.24) is 6.15 Å². The van der Waals surface area contributed by atoms with E-state index in [0.717, 1.165) is 0 Å². The van der Waals surface area contributed by atoms with E-state index in [1.54, 1.807) is 0 Å². The number of hydrogen-bond acceptors (Lipinski definition) is 3. The summed E-state index contributed by atoms with van der Waals surface area (Å²) in [4.78, 5) is 8.25. The van der Waals surface area contributed by atoms with Gasteiger partial charge in [0.15, 0.2) is 0 Å². The third kappa shape index (κ3) is 214. The first-order valence-corrected chi connectivity index (χ1v) is 0.548. The summed E-state index contributed by atoms with van der Waals surface area (Å²) in [5, 5.41) is 14.8. The zero-order valence-electron chi connectivity index (χ0n) is 2.99. The van der Waals surface area contributed by atoms with Crippen LogP contribution in [0.1, 0.15) is 0 Å². The molecule has 0 unspecified atom stereocenters. The van der Waals surface area contributed by atoms with Gasteiger partial charge in [-0.1, -0.05) is 0 Å². The Kier molecular flexibility index (Phi) is 25.6. The molecule has 0 atom stereocenters. The van der Waals surface area contributed by atoms with Gasteiger partial charge in [0.25, 0.3) is 0 Å². The molecule has 0 spiro atoms. The van der Waals surface area contributed by atoms with Crippen LogP contribution in [0.2, 0.25) is 0 Å². The number of hydrogen-bond donors (Lipinski definition) is 1. The van der Waals surface area contributed by atoms with Crippen LogP contribution in [0.4, 0.5) is 0 Å². The van der Waals surface area contributed by atoms with Crippen molar-refractivity contribution in [2.24, 2.45) is 0 Å². The maximum absolute atomic E-state index is 8.25. The average Bonchev–Trinajstić information content (AvgIpc) is 0.811. The van der Waals surface area contributed by atoms with Crippen molar-refractivity contribution in [3.8, 4) is 0 Å². The van der Waals surface area contributed by atoms with Gasteiger partial charge in [0.1, 0.15) is 0 Å². The van der Waals surface area contributed by atoms with Gasteiger partial charge < -0.3 is 21.5 Å². The first kappa shape index (κ1) is 17.4. The topological polar surface area (TPSA) is 103 Å². The standard InChI is InChI=1S/NO3.H3N.Ni/c2-1(3)4;;/h;1H3;/q-1;;/p+1. The molecule has 42 valence electrons. The summed E-state index contributed by atoms with van der Waals surface area (Å²) in [7, 11) is 0. The molecule has 6 heavy (non-hydrogen) atoms. The third-order valence-corrected chi connectivity index (χ3v) is 0. The Balaban J connectivity index is -0.0000000450. The molecule has 0 aliphatic rings. The predicted octanol–water partition coefficient (Wildman–Crippen LogP) is 0.135. The van der Waals surface area contributed by atoms with E-state index < -0.39 is 5.09 Å². The average molecular weight is 139 g/mol. The summed E-state index contributed by atoms with van der Waals surface area (Å²) in [6.45, 7) is 0. The van der Waals surface area contributed by atoms with Crippen LogP contribution in [0.3, 0.4) is 0 Å². The van der Waals surface area contributed by atoms with Gasteiger partial charge in [0, 0.05) is 16.5 Å². The van der Waals surface area contributed by atoms with Crippen molar-refractivity contribution >= 4 is 0 Å². The second-order valence-corrected chi connectivity index (χ2v) is 0.224. The van der Waals surface area contributed by atoms with Crippen molar-refractivity contribution in [2.75, 3.05) is 0 Å². The number of quaternary nitrogens is 1. The van der Waals surface area contributed by atoms with Gasteiger partial charge >= 0.3 is 0 Å². The van der Waals surface area contributed by atoms with Crippen LogP contribution < -0.4 is 6.15 Å². The first-order chi connectivity index (χ1) is 1.73. The minimum Gasteiger partial charge on any atom is -0.369 e. The van der Waals surface area contributed by atoms with E-state index in [-0.39, 0.29) is 22.6 Å². The fraction of sp³-hybridized carbons (Fsp3) is 0. The van der Waals surface area contributed by atoms with Gasteiger partial charge in [0.05, 0.1) is 5.09 Å². The zero-order chi connectivity index (χ0) is 3.58. The fourth-order valence-electron chi connectivity index (χ4n) is 0. The molecule has 0 aliphatic carbocycles. The molecule has 0 aromatic carbocycles. The van der Waals surface area contributed by atoms with Crippen molar-refractivity contribution in [1.29, 1.82) is 0 Å². The van der Waals surface area contributed by atoms with Gasteiger partial charge in [0.2, 0.25) is 0 Å². The maximum Gasteiger partial charge on any atom is 0.0689 e. The van der Waals surface area contributed by atoms with Crippen LogP contribution in [-0.2, 0) is 16.5 Å². The Hall–Kier alpha value is -0.346. The molecule has 0 aliphatic heterocycles. The second kappa shape index (κ2) is 8.82. The van der Waals surface area contributed by atoms with Gasteiger partial charge in [-0.05, 0) is 0 Å². The van der Waals surface area contributed by atoms with E-state index in [9.17, 15) is 0 Å². The van der Waals surface area contributed by atoms with Crippen LogP contribution in [0.15, 0.2) is 0 Å². The van der Waals surface area contributed by atoms with E-state index in [1.165, 1.54) is 0 Å². The summed E-state index contributed by atoms with van der Waals surface area (Å²) < 4.78 is 0. The van der Waals surface area contributed by atoms with E-state index in [1.807, 2.05) is 0 Å². The van der Waals surface area contributed by atoms with Crippen LogP contribution in [0.25, 0.3) is 0 Å². The molecule has 0 fully saturated rings. The van der Waals surface area contributed by atoms with E-state index >= 15 is 0 Å². The molecule has 0 aromatic heterocycles. The molecule has 0 saturated carbocycles. The van der Waals surface area contributed by atoms with E-state index in [2.05, 4.69) is 0 Å². The Labute approximate surface area is 44.0 Å². The molecule has 5 nitrogen and oxygen atoms in total. The molecule has 0 radical (unpaired) electrons. The largest absolute Gasteiger partial charge is 0.369 e. The van der Waals surface area contributed by atoms with E-state index in [4.69, 9.17) is 15.3 Å². The fourth-order valence-corrected chi connectivity index (χ4v) is 0. The molecular weight excluding hydrogens is 135 g/mol. The quantitative estimate of drug-likeness (QED) is 0.293. The summed E-state index contributed by atoms with van der Waals surface area (Å²) in [5.41, 5.74) is 0. The summed E-state index contributed by atoms with van der Waals surface area (Å²) in [6.07, 6.45) is 0. The zero-order valence-corrected chi connectivity index (χ0v) is 3.98. The number of rotatable bonds is 0. The van der Waals surface area contributed by atoms with Crippen LogP contribution >= 0.6 is 0 Å².